The van der Waals surface area contributed by atoms with Crippen molar-refractivity contribution in [1.29, 1.82) is 0 Å². The average molecular weight is 270 g/mol. The first kappa shape index (κ1) is 17.6. The fourth-order valence-corrected chi connectivity index (χ4v) is 1.22. The maximum atomic E-state index is 11.7. The second-order valence-electron chi connectivity index (χ2n) is 4.30. The molecule has 1 aromatic rings. The summed E-state index contributed by atoms with van der Waals surface area (Å²) in [5.74, 6) is 0.252. The SMILES string of the molecule is CC(C)(O)C(=O)c1ccc(OCCO)cc1.CCO. The minimum Gasteiger partial charge on any atom is -0.491 e. The van der Waals surface area contributed by atoms with Crippen molar-refractivity contribution in [3.8, 4) is 5.75 Å². The van der Waals surface area contributed by atoms with E-state index in [-0.39, 0.29) is 25.6 Å². The third kappa shape index (κ3) is 6.91. The molecule has 0 aromatic heterocycles. The van der Waals surface area contributed by atoms with Gasteiger partial charge in [0.05, 0.1) is 6.61 Å². The lowest BCUT2D eigenvalue weighted by Gasteiger charge is -2.15. The third-order valence-corrected chi connectivity index (χ3v) is 2.03. The Hall–Kier alpha value is -1.43. The summed E-state index contributed by atoms with van der Waals surface area (Å²) in [6.45, 7) is 5.00. The topological polar surface area (TPSA) is 87.0 Å². The minimum absolute atomic E-state index is 0.0512. The Morgan fingerprint density at radius 2 is 1.68 bits per heavy atom. The number of hydrogen-bond donors (Lipinski definition) is 3. The highest BCUT2D eigenvalue weighted by Crippen LogP contribution is 2.16. The Morgan fingerprint density at radius 3 is 2.05 bits per heavy atom. The van der Waals surface area contributed by atoms with Gasteiger partial charge in [-0.15, -0.1) is 0 Å². The summed E-state index contributed by atoms with van der Waals surface area (Å²) in [6, 6.07) is 6.45. The molecular weight excluding hydrogens is 248 g/mol. The van der Waals surface area contributed by atoms with Gasteiger partial charge in [-0.1, -0.05) is 0 Å². The van der Waals surface area contributed by atoms with Crippen LogP contribution in [0.25, 0.3) is 0 Å². The lowest BCUT2D eigenvalue weighted by molar-refractivity contribution is 0.0488. The van der Waals surface area contributed by atoms with E-state index in [0.717, 1.165) is 0 Å². The Labute approximate surface area is 113 Å². The van der Waals surface area contributed by atoms with Crippen molar-refractivity contribution in [3.63, 3.8) is 0 Å². The van der Waals surface area contributed by atoms with Gasteiger partial charge in [0.2, 0.25) is 0 Å². The number of carbonyl (C=O) groups excluding carboxylic acids is 1. The predicted octanol–water partition coefficient (Wildman–Crippen LogP) is 1.01. The van der Waals surface area contributed by atoms with E-state index in [9.17, 15) is 9.90 Å². The highest BCUT2D eigenvalue weighted by Gasteiger charge is 2.24. The van der Waals surface area contributed by atoms with Crippen LogP contribution in [0.2, 0.25) is 0 Å². The molecule has 0 saturated carbocycles. The molecule has 0 atom stereocenters. The van der Waals surface area contributed by atoms with E-state index in [2.05, 4.69) is 0 Å². The van der Waals surface area contributed by atoms with Gasteiger partial charge < -0.3 is 20.1 Å². The van der Waals surface area contributed by atoms with Crippen LogP contribution >= 0.6 is 0 Å². The number of rotatable bonds is 5. The maximum Gasteiger partial charge on any atom is 0.193 e. The van der Waals surface area contributed by atoms with E-state index in [1.807, 2.05) is 0 Å². The zero-order chi connectivity index (χ0) is 14.9. The van der Waals surface area contributed by atoms with Crippen molar-refractivity contribution in [2.75, 3.05) is 19.8 Å². The molecule has 5 nitrogen and oxygen atoms in total. The first-order chi connectivity index (χ1) is 8.86. The molecule has 3 N–H and O–H groups in total. The fourth-order valence-electron chi connectivity index (χ4n) is 1.22. The third-order valence-electron chi connectivity index (χ3n) is 2.03. The molecule has 0 unspecified atom stereocenters. The monoisotopic (exact) mass is 270 g/mol. The molecule has 0 spiro atoms. The summed E-state index contributed by atoms with van der Waals surface area (Å²) in [5.41, 5.74) is -0.933. The Balaban J connectivity index is 0.000000982. The van der Waals surface area contributed by atoms with Crippen molar-refractivity contribution in [3.05, 3.63) is 29.8 Å². The van der Waals surface area contributed by atoms with Gasteiger partial charge >= 0.3 is 0 Å². The summed E-state index contributed by atoms with van der Waals surface area (Å²) >= 11 is 0. The molecule has 5 heteroatoms. The summed E-state index contributed by atoms with van der Waals surface area (Å²) in [5, 5.41) is 25.7. The molecule has 19 heavy (non-hydrogen) atoms. The minimum atomic E-state index is -1.37. The predicted molar refractivity (Wildman–Crippen MR) is 72.4 cm³/mol. The van der Waals surface area contributed by atoms with E-state index >= 15 is 0 Å². The highest BCUT2D eigenvalue weighted by molar-refractivity contribution is 6.01. The first-order valence-electron chi connectivity index (χ1n) is 6.08. The van der Waals surface area contributed by atoms with Gasteiger partial charge in [-0.3, -0.25) is 4.79 Å². The van der Waals surface area contributed by atoms with Gasteiger partial charge in [-0.2, -0.15) is 0 Å². The Bertz CT molecular complexity index is 364. The first-order valence-corrected chi connectivity index (χ1v) is 6.08. The molecule has 0 aliphatic carbocycles. The number of ether oxygens (including phenoxy) is 1. The van der Waals surface area contributed by atoms with Crippen LogP contribution in [0.4, 0.5) is 0 Å². The van der Waals surface area contributed by atoms with Crippen LogP contribution in [0.5, 0.6) is 5.75 Å². The fraction of sp³-hybridized carbons (Fsp3) is 0.500. The second-order valence-corrected chi connectivity index (χ2v) is 4.30. The number of ketones is 1. The van der Waals surface area contributed by atoms with Gasteiger partial charge in [-0.05, 0) is 45.0 Å². The van der Waals surface area contributed by atoms with Crippen molar-refractivity contribution in [2.45, 2.75) is 26.4 Å². The van der Waals surface area contributed by atoms with Crippen LogP contribution in [-0.2, 0) is 0 Å². The van der Waals surface area contributed by atoms with Crippen LogP contribution < -0.4 is 4.74 Å². The van der Waals surface area contributed by atoms with E-state index in [1.165, 1.54) is 13.8 Å². The average Bonchev–Trinajstić information content (AvgIpc) is 2.36. The smallest absolute Gasteiger partial charge is 0.193 e. The molecule has 0 aliphatic heterocycles. The van der Waals surface area contributed by atoms with Crippen LogP contribution in [0.1, 0.15) is 31.1 Å². The molecular formula is C14H22O5. The van der Waals surface area contributed by atoms with E-state index < -0.39 is 5.60 Å². The van der Waals surface area contributed by atoms with Crippen LogP contribution in [0, 0.1) is 0 Å². The molecule has 0 bridgehead atoms. The number of aliphatic hydroxyl groups excluding tert-OH is 2. The molecule has 0 radical (unpaired) electrons. The molecule has 0 amide bonds. The van der Waals surface area contributed by atoms with Crippen molar-refractivity contribution in [2.24, 2.45) is 0 Å². The molecule has 0 fully saturated rings. The summed E-state index contributed by atoms with van der Waals surface area (Å²) in [7, 11) is 0. The summed E-state index contributed by atoms with van der Waals surface area (Å²) in [4.78, 5) is 11.7. The quantitative estimate of drug-likeness (QED) is 0.695. The number of carbonyl (C=O) groups is 1. The Morgan fingerprint density at radius 1 is 1.21 bits per heavy atom. The lowest BCUT2D eigenvalue weighted by Crippen LogP contribution is -2.30. The molecule has 0 aliphatic rings. The second kappa shape index (κ2) is 8.63. The van der Waals surface area contributed by atoms with Crippen LogP contribution in [0.3, 0.4) is 0 Å². The van der Waals surface area contributed by atoms with Gasteiger partial charge in [-0.25, -0.2) is 0 Å². The maximum absolute atomic E-state index is 11.7. The largest absolute Gasteiger partial charge is 0.491 e. The molecule has 1 rings (SSSR count). The van der Waals surface area contributed by atoms with E-state index in [0.29, 0.717) is 11.3 Å². The van der Waals surface area contributed by atoms with Gasteiger partial charge in [0.25, 0.3) is 0 Å². The lowest BCUT2D eigenvalue weighted by atomic mass is 9.97. The van der Waals surface area contributed by atoms with Gasteiger partial charge in [0.1, 0.15) is 18.0 Å². The normalized spacial score (nSPS) is 10.4. The van der Waals surface area contributed by atoms with Gasteiger partial charge in [0, 0.05) is 12.2 Å². The summed E-state index contributed by atoms with van der Waals surface area (Å²) < 4.78 is 5.15. The van der Waals surface area contributed by atoms with Crippen LogP contribution in [0.15, 0.2) is 24.3 Å². The highest BCUT2D eigenvalue weighted by atomic mass is 16.5. The van der Waals surface area contributed by atoms with E-state index in [1.54, 1.807) is 31.2 Å². The van der Waals surface area contributed by atoms with Crippen molar-refractivity contribution >= 4 is 5.78 Å². The molecule has 0 heterocycles. The van der Waals surface area contributed by atoms with Gasteiger partial charge in [0.15, 0.2) is 5.78 Å². The molecule has 1 aromatic carbocycles. The van der Waals surface area contributed by atoms with Crippen molar-refractivity contribution in [1.82, 2.24) is 0 Å². The van der Waals surface area contributed by atoms with Crippen LogP contribution in [-0.4, -0.2) is 46.5 Å². The molecule has 108 valence electrons. The molecule has 0 saturated heterocycles. The number of aliphatic hydroxyl groups is 3. The summed E-state index contributed by atoms with van der Waals surface area (Å²) in [6.07, 6.45) is 0. The zero-order valence-electron chi connectivity index (χ0n) is 11.6. The number of Topliss-reactive ketones (excluding diaryl/α,β-unsaturated/α-hetero) is 1. The number of hydrogen-bond acceptors (Lipinski definition) is 5. The van der Waals surface area contributed by atoms with E-state index in [4.69, 9.17) is 14.9 Å². The number of benzene rings is 1. The standard InChI is InChI=1S/C12H16O4.C2H6O/c1-12(2,15)11(14)9-3-5-10(6-4-9)16-8-7-13;1-2-3/h3-6,13,15H,7-8H2,1-2H3;3H,2H2,1H3. The zero-order valence-corrected chi connectivity index (χ0v) is 11.6. The Kier molecular flexibility index (Phi) is 7.98. The van der Waals surface area contributed by atoms with Crippen molar-refractivity contribution < 1.29 is 24.9 Å².